The van der Waals surface area contributed by atoms with E-state index < -0.39 is 7.60 Å². The minimum absolute atomic E-state index is 0.356. The van der Waals surface area contributed by atoms with Crippen molar-refractivity contribution in [1.82, 2.24) is 0 Å². The molecule has 35 heavy (non-hydrogen) atoms. The molecule has 0 aromatic heterocycles. The summed E-state index contributed by atoms with van der Waals surface area (Å²) in [6.07, 6.45) is 31.9. The first kappa shape index (κ1) is 34.9. The van der Waals surface area contributed by atoms with E-state index in [9.17, 15) is 9.46 Å². The zero-order valence-corrected chi connectivity index (χ0v) is 25.3. The molecule has 0 radical (unpaired) electrons. The highest BCUT2D eigenvalue weighted by Gasteiger charge is 2.41. The average Bonchev–Trinajstić information content (AvgIpc) is 2.78. The molecular formula is C30H63NO3P+. The van der Waals surface area contributed by atoms with Gasteiger partial charge < -0.3 is 13.9 Å². The van der Waals surface area contributed by atoms with Gasteiger partial charge in [-0.25, -0.2) is 0 Å². The molecule has 0 amide bonds. The Balaban J connectivity index is 3.41. The fourth-order valence-corrected chi connectivity index (χ4v) is 6.81. The van der Waals surface area contributed by atoms with Crippen LogP contribution in [0.25, 0.3) is 0 Å². The zero-order chi connectivity index (χ0) is 26.3. The highest BCUT2D eigenvalue weighted by molar-refractivity contribution is 7.53. The van der Waals surface area contributed by atoms with E-state index in [2.05, 4.69) is 19.1 Å². The van der Waals surface area contributed by atoms with Crippen LogP contribution < -0.4 is 0 Å². The van der Waals surface area contributed by atoms with E-state index in [-0.39, 0.29) is 5.78 Å². The topological polar surface area (TPSA) is 46.5 Å². The average molecular weight is 517 g/mol. The van der Waals surface area contributed by atoms with Gasteiger partial charge in [0.15, 0.2) is 5.78 Å². The van der Waals surface area contributed by atoms with Crippen molar-refractivity contribution in [3.05, 3.63) is 12.2 Å². The van der Waals surface area contributed by atoms with Gasteiger partial charge in [0.25, 0.3) is 0 Å². The summed E-state index contributed by atoms with van der Waals surface area (Å²) in [5.74, 6) is -0.356. The number of unbranched alkanes of at least 4 members (excludes halogenated alkanes) is 18. The van der Waals surface area contributed by atoms with E-state index in [0.29, 0.717) is 17.5 Å². The second kappa shape index (κ2) is 23.0. The largest absolute Gasteiger partial charge is 0.385 e. The lowest BCUT2D eigenvalue weighted by Gasteiger charge is -2.35. The second-order valence-corrected chi connectivity index (χ2v) is 13.4. The van der Waals surface area contributed by atoms with E-state index in [1.165, 1.54) is 103 Å². The molecule has 2 atom stereocenters. The molecule has 0 aromatic carbocycles. The Morgan fingerprint density at radius 2 is 1.03 bits per heavy atom. The van der Waals surface area contributed by atoms with Crippen molar-refractivity contribution in [2.75, 3.05) is 27.7 Å². The van der Waals surface area contributed by atoms with Crippen LogP contribution in [0.4, 0.5) is 0 Å². The summed E-state index contributed by atoms with van der Waals surface area (Å²) >= 11 is 0. The van der Waals surface area contributed by atoms with Crippen molar-refractivity contribution in [3.63, 3.8) is 0 Å². The fraction of sp³-hybridized carbons (Fsp3) is 0.933. The predicted octanol–water partition coefficient (Wildman–Crippen LogP) is 10.0. The molecule has 0 aliphatic heterocycles. The first-order valence-corrected chi connectivity index (χ1v) is 16.8. The number of allylic oxidation sites excluding steroid dienone is 2. The van der Waals surface area contributed by atoms with Crippen molar-refractivity contribution in [2.45, 2.75) is 154 Å². The van der Waals surface area contributed by atoms with Gasteiger partial charge in [-0.2, -0.15) is 0 Å². The SMILES string of the molecule is CCCCCCCCCCCCCCCCCC=CCCCCCOP(=O)(O)C(CC)[N+](C)(C)C. The van der Waals surface area contributed by atoms with Crippen molar-refractivity contribution < 1.29 is 18.5 Å². The summed E-state index contributed by atoms with van der Waals surface area (Å²) in [7, 11) is 2.29. The number of hydrogen-bond donors (Lipinski definition) is 1. The van der Waals surface area contributed by atoms with Gasteiger partial charge in [-0.3, -0.25) is 4.57 Å². The molecule has 0 fully saturated rings. The Hall–Kier alpha value is -0.150. The van der Waals surface area contributed by atoms with Crippen LogP contribution in [-0.2, 0) is 9.09 Å². The lowest BCUT2D eigenvalue weighted by molar-refractivity contribution is -0.883. The highest BCUT2D eigenvalue weighted by atomic mass is 31.2. The molecule has 0 aliphatic carbocycles. The van der Waals surface area contributed by atoms with Gasteiger partial charge in [0.1, 0.15) is 0 Å². The first-order chi connectivity index (χ1) is 16.8. The van der Waals surface area contributed by atoms with Crippen molar-refractivity contribution in [2.24, 2.45) is 0 Å². The van der Waals surface area contributed by atoms with Gasteiger partial charge in [0.05, 0.1) is 27.7 Å². The fourth-order valence-electron chi connectivity index (χ4n) is 4.91. The molecule has 0 aliphatic rings. The Kier molecular flexibility index (Phi) is 22.9. The maximum Gasteiger partial charge on any atom is 0.385 e. The molecule has 0 rings (SSSR count). The predicted molar refractivity (Wildman–Crippen MR) is 155 cm³/mol. The van der Waals surface area contributed by atoms with Crippen LogP contribution in [0.5, 0.6) is 0 Å². The molecule has 210 valence electrons. The van der Waals surface area contributed by atoms with Crippen molar-refractivity contribution in [1.29, 1.82) is 0 Å². The Labute approximate surface area is 220 Å². The van der Waals surface area contributed by atoms with E-state index in [0.717, 1.165) is 25.7 Å². The summed E-state index contributed by atoms with van der Waals surface area (Å²) in [5, 5.41) is 0. The standard InChI is InChI=1S/C30H62NO3P/c1-6-8-9-10-11-12-13-14-15-16-17-18-19-20-21-22-23-24-25-26-27-28-29-34-35(32,33)30(7-2)31(3,4)5/h23-24,30H,6-22,25-29H2,1-5H3/p+1. The molecule has 0 spiro atoms. The quantitative estimate of drug-likeness (QED) is 0.0538. The summed E-state index contributed by atoms with van der Waals surface area (Å²) in [6.45, 7) is 4.62. The smallest absolute Gasteiger partial charge is 0.320 e. The summed E-state index contributed by atoms with van der Waals surface area (Å²) in [4.78, 5) is 10.3. The van der Waals surface area contributed by atoms with Gasteiger partial charge in [-0.1, -0.05) is 122 Å². The van der Waals surface area contributed by atoms with Crippen molar-refractivity contribution in [3.8, 4) is 0 Å². The third kappa shape index (κ3) is 21.6. The second-order valence-electron chi connectivity index (χ2n) is 11.5. The lowest BCUT2D eigenvalue weighted by atomic mass is 10.0. The molecular weight excluding hydrogens is 453 g/mol. The lowest BCUT2D eigenvalue weighted by Crippen LogP contribution is -2.44. The summed E-state index contributed by atoms with van der Waals surface area (Å²) in [6, 6.07) is 0. The number of rotatable bonds is 26. The molecule has 0 saturated carbocycles. The van der Waals surface area contributed by atoms with Crippen LogP contribution >= 0.6 is 7.60 Å². The van der Waals surface area contributed by atoms with Gasteiger partial charge >= 0.3 is 7.60 Å². The zero-order valence-electron chi connectivity index (χ0n) is 24.4. The van der Waals surface area contributed by atoms with Crippen LogP contribution in [0.2, 0.25) is 0 Å². The molecule has 0 bridgehead atoms. The van der Waals surface area contributed by atoms with Crippen LogP contribution in [0.1, 0.15) is 149 Å². The molecule has 5 heteroatoms. The molecule has 0 saturated heterocycles. The van der Waals surface area contributed by atoms with Gasteiger partial charge in [0, 0.05) is 6.42 Å². The minimum atomic E-state index is -3.56. The molecule has 0 heterocycles. The van der Waals surface area contributed by atoms with Crippen molar-refractivity contribution >= 4 is 7.60 Å². The highest BCUT2D eigenvalue weighted by Crippen LogP contribution is 2.51. The van der Waals surface area contributed by atoms with E-state index in [1.54, 1.807) is 0 Å². The molecule has 2 unspecified atom stereocenters. The van der Waals surface area contributed by atoms with Crippen LogP contribution in [0, 0.1) is 0 Å². The van der Waals surface area contributed by atoms with E-state index in [1.807, 2.05) is 28.1 Å². The van der Waals surface area contributed by atoms with Crippen LogP contribution in [0.15, 0.2) is 12.2 Å². The number of nitrogens with zero attached hydrogens (tertiary/aromatic N) is 1. The Morgan fingerprint density at radius 1 is 0.657 bits per heavy atom. The van der Waals surface area contributed by atoms with Crippen LogP contribution in [-0.4, -0.2) is 42.9 Å². The first-order valence-electron chi connectivity index (χ1n) is 15.2. The number of hydrogen-bond acceptors (Lipinski definition) is 2. The molecule has 4 nitrogen and oxygen atoms in total. The van der Waals surface area contributed by atoms with Gasteiger partial charge in [-0.05, 0) is 32.1 Å². The van der Waals surface area contributed by atoms with Crippen LogP contribution in [0.3, 0.4) is 0 Å². The molecule has 0 aromatic rings. The molecule has 1 N–H and O–H groups in total. The monoisotopic (exact) mass is 516 g/mol. The Morgan fingerprint density at radius 3 is 1.40 bits per heavy atom. The van der Waals surface area contributed by atoms with E-state index in [4.69, 9.17) is 4.52 Å². The third-order valence-electron chi connectivity index (χ3n) is 7.07. The normalized spacial score (nSPS) is 15.0. The van der Waals surface area contributed by atoms with Gasteiger partial charge in [-0.15, -0.1) is 0 Å². The minimum Gasteiger partial charge on any atom is -0.320 e. The number of quaternary nitrogens is 1. The maximum absolute atomic E-state index is 12.5. The van der Waals surface area contributed by atoms with E-state index >= 15 is 0 Å². The summed E-state index contributed by atoms with van der Waals surface area (Å²) < 4.78 is 18.4. The maximum atomic E-state index is 12.5. The van der Waals surface area contributed by atoms with Gasteiger partial charge in [0.2, 0.25) is 0 Å². The summed E-state index contributed by atoms with van der Waals surface area (Å²) in [5.41, 5.74) is 0. The Bertz CT molecular complexity index is 530. The third-order valence-corrected chi connectivity index (χ3v) is 9.43.